The third-order valence-electron chi connectivity index (χ3n) is 2.69. The summed E-state index contributed by atoms with van der Waals surface area (Å²) in [5.41, 5.74) is 6.13. The molecule has 0 saturated carbocycles. The lowest BCUT2D eigenvalue weighted by molar-refractivity contribution is 0.102. The van der Waals surface area contributed by atoms with E-state index < -0.39 is 11.7 Å². The smallest absolute Gasteiger partial charge is 0.258 e. The fraction of sp³-hybridized carbons (Fsp3) is 0. The van der Waals surface area contributed by atoms with Crippen LogP contribution in [0.2, 0.25) is 10.0 Å². The Morgan fingerprint density at radius 3 is 2.57 bits per heavy atom. The number of halogens is 3. The van der Waals surface area contributed by atoms with Gasteiger partial charge in [-0.15, -0.1) is 0 Å². The molecule has 2 rings (SSSR count). The van der Waals surface area contributed by atoms with E-state index in [1.165, 1.54) is 24.3 Å². The number of anilines is 1. The maximum absolute atomic E-state index is 13.8. The van der Waals surface area contributed by atoms with Crippen molar-refractivity contribution < 1.29 is 9.18 Å². The number of carbonyl (C=O) groups is 1. The highest BCUT2D eigenvalue weighted by Crippen LogP contribution is 2.23. The maximum atomic E-state index is 13.8. The number of nitrogens with one attached hydrogen (secondary N) is 1. The van der Waals surface area contributed by atoms with Crippen LogP contribution in [0.15, 0.2) is 36.4 Å². The van der Waals surface area contributed by atoms with Crippen molar-refractivity contribution in [2.24, 2.45) is 5.73 Å². The molecule has 0 aromatic heterocycles. The maximum Gasteiger partial charge on any atom is 0.258 e. The molecule has 2 aromatic carbocycles. The van der Waals surface area contributed by atoms with Gasteiger partial charge in [-0.3, -0.25) is 4.79 Å². The van der Waals surface area contributed by atoms with Gasteiger partial charge in [0.05, 0.1) is 16.3 Å². The first-order valence-corrected chi connectivity index (χ1v) is 6.91. The monoisotopic (exact) mass is 342 g/mol. The van der Waals surface area contributed by atoms with Crippen LogP contribution in [0.25, 0.3) is 0 Å². The van der Waals surface area contributed by atoms with Gasteiger partial charge >= 0.3 is 0 Å². The van der Waals surface area contributed by atoms with Crippen molar-refractivity contribution in [1.29, 1.82) is 0 Å². The second kappa shape index (κ2) is 6.39. The molecule has 3 nitrogen and oxygen atoms in total. The number of amides is 1. The van der Waals surface area contributed by atoms with E-state index in [0.29, 0.717) is 16.3 Å². The first-order chi connectivity index (χ1) is 9.90. The molecule has 108 valence electrons. The third kappa shape index (κ3) is 3.50. The van der Waals surface area contributed by atoms with E-state index in [-0.39, 0.29) is 15.6 Å². The molecule has 1 amide bonds. The highest BCUT2D eigenvalue weighted by molar-refractivity contribution is 7.80. The minimum Gasteiger partial charge on any atom is -0.389 e. The lowest BCUT2D eigenvalue weighted by Gasteiger charge is -2.11. The van der Waals surface area contributed by atoms with E-state index in [0.717, 1.165) is 0 Å². The molecule has 0 atom stereocenters. The fourth-order valence-electron chi connectivity index (χ4n) is 1.70. The molecule has 21 heavy (non-hydrogen) atoms. The molecule has 0 spiro atoms. The average molecular weight is 343 g/mol. The summed E-state index contributed by atoms with van der Waals surface area (Å²) >= 11 is 16.4. The van der Waals surface area contributed by atoms with E-state index in [1.54, 1.807) is 12.1 Å². The Labute approximate surface area is 135 Å². The number of carbonyl (C=O) groups excluding carboxylic acids is 1. The van der Waals surface area contributed by atoms with Crippen LogP contribution in [0, 0.1) is 5.82 Å². The topological polar surface area (TPSA) is 55.1 Å². The molecule has 0 aliphatic heterocycles. The highest BCUT2D eigenvalue weighted by Gasteiger charge is 2.16. The Kier molecular flexibility index (Phi) is 4.77. The number of benzene rings is 2. The Morgan fingerprint density at radius 2 is 1.90 bits per heavy atom. The molecule has 0 unspecified atom stereocenters. The number of hydrogen-bond donors (Lipinski definition) is 2. The van der Waals surface area contributed by atoms with Crippen LogP contribution < -0.4 is 11.1 Å². The van der Waals surface area contributed by atoms with Gasteiger partial charge in [-0.05, 0) is 30.3 Å². The molecular weight excluding hydrogens is 334 g/mol. The van der Waals surface area contributed by atoms with E-state index >= 15 is 0 Å². The SMILES string of the molecule is NC(=S)c1ccc(Cl)cc1NC(=O)c1cccc(Cl)c1F. The molecule has 0 heterocycles. The zero-order valence-corrected chi connectivity index (χ0v) is 12.8. The summed E-state index contributed by atoms with van der Waals surface area (Å²) < 4.78 is 13.8. The van der Waals surface area contributed by atoms with Crippen molar-refractivity contribution in [2.45, 2.75) is 0 Å². The van der Waals surface area contributed by atoms with Crippen molar-refractivity contribution >= 4 is 52.0 Å². The first-order valence-electron chi connectivity index (χ1n) is 5.75. The molecule has 0 fully saturated rings. The van der Waals surface area contributed by atoms with Crippen molar-refractivity contribution in [3.05, 3.63) is 63.4 Å². The molecule has 0 aliphatic carbocycles. The summed E-state index contributed by atoms with van der Waals surface area (Å²) in [6.07, 6.45) is 0. The van der Waals surface area contributed by atoms with Crippen molar-refractivity contribution in [3.8, 4) is 0 Å². The van der Waals surface area contributed by atoms with Gasteiger partial charge in [0.15, 0.2) is 5.82 Å². The van der Waals surface area contributed by atoms with E-state index in [2.05, 4.69) is 5.32 Å². The average Bonchev–Trinajstić information content (AvgIpc) is 2.41. The summed E-state index contributed by atoms with van der Waals surface area (Å²) in [4.78, 5) is 12.2. The van der Waals surface area contributed by atoms with Crippen molar-refractivity contribution in [3.63, 3.8) is 0 Å². The zero-order valence-electron chi connectivity index (χ0n) is 10.5. The van der Waals surface area contributed by atoms with Gasteiger partial charge in [-0.25, -0.2) is 4.39 Å². The molecule has 0 saturated heterocycles. The number of nitrogens with two attached hydrogens (primary N) is 1. The summed E-state index contributed by atoms with van der Waals surface area (Å²) in [5, 5.41) is 2.78. The lowest BCUT2D eigenvalue weighted by atomic mass is 10.1. The van der Waals surface area contributed by atoms with E-state index in [9.17, 15) is 9.18 Å². The molecule has 0 aliphatic rings. The summed E-state index contributed by atoms with van der Waals surface area (Å²) in [7, 11) is 0. The van der Waals surface area contributed by atoms with Crippen molar-refractivity contribution in [1.82, 2.24) is 0 Å². The van der Waals surface area contributed by atoms with Gasteiger partial charge in [-0.1, -0.05) is 41.5 Å². The molecule has 7 heteroatoms. The van der Waals surface area contributed by atoms with Gasteiger partial charge in [0.1, 0.15) is 4.99 Å². The molecule has 2 aromatic rings. The van der Waals surface area contributed by atoms with Gasteiger partial charge in [0.2, 0.25) is 0 Å². The molecular formula is C14H9Cl2FN2OS. The predicted octanol–water partition coefficient (Wildman–Crippen LogP) is 4.02. The molecule has 0 bridgehead atoms. The van der Waals surface area contributed by atoms with Crippen LogP contribution in [-0.2, 0) is 0 Å². The lowest BCUT2D eigenvalue weighted by Crippen LogP contribution is -2.18. The van der Waals surface area contributed by atoms with Gasteiger partial charge in [0.25, 0.3) is 5.91 Å². The molecule has 0 radical (unpaired) electrons. The van der Waals surface area contributed by atoms with Crippen LogP contribution in [0.5, 0.6) is 0 Å². The van der Waals surface area contributed by atoms with E-state index in [1.807, 2.05) is 0 Å². The Morgan fingerprint density at radius 1 is 1.19 bits per heavy atom. The fourth-order valence-corrected chi connectivity index (χ4v) is 2.23. The second-order valence-electron chi connectivity index (χ2n) is 4.11. The Hall–Kier alpha value is -1.69. The highest BCUT2D eigenvalue weighted by atomic mass is 35.5. The quantitative estimate of drug-likeness (QED) is 0.828. The van der Waals surface area contributed by atoms with Gasteiger partial charge < -0.3 is 11.1 Å². The second-order valence-corrected chi connectivity index (χ2v) is 5.39. The van der Waals surface area contributed by atoms with Crippen LogP contribution in [-0.4, -0.2) is 10.9 Å². The predicted molar refractivity (Wildman–Crippen MR) is 86.7 cm³/mol. The summed E-state index contributed by atoms with van der Waals surface area (Å²) in [6, 6.07) is 8.80. The number of thiocarbonyl (C=S) groups is 1. The molecule has 3 N–H and O–H groups in total. The van der Waals surface area contributed by atoms with E-state index in [4.69, 9.17) is 41.2 Å². The number of hydrogen-bond acceptors (Lipinski definition) is 2. The van der Waals surface area contributed by atoms with Gasteiger partial charge in [-0.2, -0.15) is 0 Å². The summed E-state index contributed by atoms with van der Waals surface area (Å²) in [5.74, 6) is -1.47. The Balaban J connectivity index is 2.38. The first kappa shape index (κ1) is 15.7. The largest absolute Gasteiger partial charge is 0.389 e. The minimum absolute atomic E-state index is 0.0912. The van der Waals surface area contributed by atoms with Gasteiger partial charge in [0, 0.05) is 10.6 Å². The normalized spacial score (nSPS) is 10.2. The summed E-state index contributed by atoms with van der Waals surface area (Å²) in [6.45, 7) is 0. The van der Waals surface area contributed by atoms with Crippen molar-refractivity contribution in [2.75, 3.05) is 5.32 Å². The standard InChI is InChI=1S/C14H9Cl2FN2OS/c15-7-4-5-8(13(18)21)11(6-7)19-14(20)9-2-1-3-10(16)12(9)17/h1-6H,(H2,18,21)(H,19,20). The number of rotatable bonds is 3. The Bertz CT molecular complexity index is 737. The zero-order chi connectivity index (χ0) is 15.6. The van der Waals surface area contributed by atoms with Crippen LogP contribution in [0.4, 0.5) is 10.1 Å². The van der Waals surface area contributed by atoms with Crippen LogP contribution >= 0.6 is 35.4 Å². The minimum atomic E-state index is -0.796. The van der Waals surface area contributed by atoms with Crippen LogP contribution in [0.3, 0.4) is 0 Å². The van der Waals surface area contributed by atoms with Crippen LogP contribution in [0.1, 0.15) is 15.9 Å². The third-order valence-corrected chi connectivity index (χ3v) is 3.44.